The molecule has 1 N–H and O–H groups in total. The summed E-state index contributed by atoms with van der Waals surface area (Å²) in [5.74, 6) is 1.77. The number of ether oxygens (including phenoxy) is 1. The molecule has 2 heterocycles. The van der Waals surface area contributed by atoms with Crippen molar-refractivity contribution in [3.8, 4) is 17.1 Å². The molecule has 1 atom stereocenters. The molecule has 0 radical (unpaired) electrons. The van der Waals surface area contributed by atoms with Crippen LogP contribution in [0.4, 0.5) is 5.69 Å². The van der Waals surface area contributed by atoms with Crippen molar-refractivity contribution < 1.29 is 9.26 Å². The third-order valence-electron chi connectivity index (χ3n) is 5.71. The molecule has 7 heteroatoms. The number of allylic oxidation sites excluding steroid dienone is 1. The van der Waals surface area contributed by atoms with Crippen molar-refractivity contribution in [3.05, 3.63) is 102 Å². The van der Waals surface area contributed by atoms with Crippen molar-refractivity contribution in [2.24, 2.45) is 0 Å². The Kier molecular flexibility index (Phi) is 6.10. The Morgan fingerprint density at radius 2 is 1.65 bits per heavy atom. The molecular formula is C27H24N4O2S. The summed E-state index contributed by atoms with van der Waals surface area (Å²) < 4.78 is 11.4. The molecule has 6 nitrogen and oxygen atoms in total. The minimum Gasteiger partial charge on any atom is -0.494 e. The number of nitrogens with one attached hydrogen (secondary N) is 1. The maximum absolute atomic E-state index is 5.82. The summed E-state index contributed by atoms with van der Waals surface area (Å²) in [6.45, 7) is 4.61. The summed E-state index contributed by atoms with van der Waals surface area (Å²) in [7, 11) is 0. The maximum Gasteiger partial charge on any atom is 0.258 e. The van der Waals surface area contributed by atoms with E-state index in [-0.39, 0.29) is 6.04 Å². The van der Waals surface area contributed by atoms with Gasteiger partial charge in [0.2, 0.25) is 5.82 Å². The fourth-order valence-electron chi connectivity index (χ4n) is 4.12. The lowest BCUT2D eigenvalue weighted by atomic mass is 9.94. The SMILES string of the molecule is CCOc1ccc(-c2noc(C3=C(C)N(c4ccccc4)C(=S)NC3c3ccccc3)n2)cc1. The number of rotatable bonds is 6. The number of thiocarbonyl (C=S) groups is 1. The molecule has 0 saturated carbocycles. The van der Waals surface area contributed by atoms with E-state index in [9.17, 15) is 0 Å². The minimum absolute atomic E-state index is 0.220. The van der Waals surface area contributed by atoms with Crippen LogP contribution >= 0.6 is 12.2 Å². The lowest BCUT2D eigenvalue weighted by Gasteiger charge is -2.37. The lowest BCUT2D eigenvalue weighted by molar-refractivity contribution is 0.340. The molecular weight excluding hydrogens is 444 g/mol. The zero-order valence-electron chi connectivity index (χ0n) is 18.9. The smallest absolute Gasteiger partial charge is 0.258 e. The summed E-state index contributed by atoms with van der Waals surface area (Å²) in [5, 5.41) is 8.38. The van der Waals surface area contributed by atoms with Crippen LogP contribution in [0.3, 0.4) is 0 Å². The fourth-order valence-corrected chi connectivity index (χ4v) is 4.48. The van der Waals surface area contributed by atoms with Crippen molar-refractivity contribution >= 4 is 28.6 Å². The molecule has 3 aromatic carbocycles. The van der Waals surface area contributed by atoms with Gasteiger partial charge in [-0.15, -0.1) is 0 Å². The number of hydrogen-bond donors (Lipinski definition) is 1. The number of hydrogen-bond acceptors (Lipinski definition) is 5. The van der Waals surface area contributed by atoms with Crippen molar-refractivity contribution in [1.29, 1.82) is 0 Å². The van der Waals surface area contributed by atoms with Gasteiger partial charge in [-0.1, -0.05) is 53.7 Å². The molecule has 0 spiro atoms. The first-order valence-corrected chi connectivity index (χ1v) is 11.5. The van der Waals surface area contributed by atoms with Crippen molar-refractivity contribution in [1.82, 2.24) is 15.5 Å². The second-order valence-electron chi connectivity index (χ2n) is 7.84. The van der Waals surface area contributed by atoms with Crippen LogP contribution in [0.15, 0.2) is 95.1 Å². The van der Waals surface area contributed by atoms with Gasteiger partial charge >= 0.3 is 0 Å². The largest absolute Gasteiger partial charge is 0.494 e. The van der Waals surface area contributed by atoms with Gasteiger partial charge in [-0.3, -0.25) is 4.90 Å². The van der Waals surface area contributed by atoms with E-state index in [1.54, 1.807) is 0 Å². The first-order chi connectivity index (χ1) is 16.7. The van der Waals surface area contributed by atoms with E-state index in [0.717, 1.165) is 33.8 Å². The lowest BCUT2D eigenvalue weighted by Crippen LogP contribution is -2.46. The van der Waals surface area contributed by atoms with Crippen molar-refractivity contribution in [2.45, 2.75) is 19.9 Å². The van der Waals surface area contributed by atoms with E-state index in [1.807, 2.05) is 91.5 Å². The Hall–Kier alpha value is -3.97. The third-order valence-corrected chi connectivity index (χ3v) is 6.01. The standard InChI is InChI=1S/C27H24N4O2S/c1-3-32-22-16-14-20(15-17-22)25-29-26(33-30-25)23-18(2)31(21-12-8-5-9-13-21)27(34)28-24(23)19-10-6-4-7-11-19/h4-17,24H,3H2,1-2H3,(H,28,34). The zero-order valence-corrected chi connectivity index (χ0v) is 19.8. The van der Waals surface area contributed by atoms with Crippen LogP contribution in [0.25, 0.3) is 17.0 Å². The average molecular weight is 469 g/mol. The highest BCUT2D eigenvalue weighted by atomic mass is 32.1. The highest BCUT2D eigenvalue weighted by Crippen LogP contribution is 2.39. The van der Waals surface area contributed by atoms with E-state index in [0.29, 0.717) is 23.4 Å². The molecule has 1 aliphatic heterocycles. The molecule has 0 amide bonds. The Morgan fingerprint density at radius 3 is 2.32 bits per heavy atom. The third kappa shape index (κ3) is 4.18. The summed E-state index contributed by atoms with van der Waals surface area (Å²) in [6.07, 6.45) is 0. The highest BCUT2D eigenvalue weighted by molar-refractivity contribution is 7.80. The second-order valence-corrected chi connectivity index (χ2v) is 8.23. The predicted octanol–water partition coefficient (Wildman–Crippen LogP) is 6.00. The second kappa shape index (κ2) is 9.49. The van der Waals surface area contributed by atoms with Gasteiger partial charge < -0.3 is 14.6 Å². The topological polar surface area (TPSA) is 63.4 Å². The number of benzene rings is 3. The van der Waals surface area contributed by atoms with Gasteiger partial charge in [0, 0.05) is 16.9 Å². The fraction of sp³-hybridized carbons (Fsp3) is 0.148. The van der Waals surface area contributed by atoms with E-state index in [2.05, 4.69) is 22.6 Å². The zero-order chi connectivity index (χ0) is 23.5. The molecule has 0 bridgehead atoms. The molecule has 0 fully saturated rings. The van der Waals surface area contributed by atoms with Crippen LogP contribution < -0.4 is 15.0 Å². The van der Waals surface area contributed by atoms with E-state index >= 15 is 0 Å². The van der Waals surface area contributed by atoms with Crippen LogP contribution in [0.2, 0.25) is 0 Å². The molecule has 170 valence electrons. The van der Waals surface area contributed by atoms with E-state index < -0.39 is 0 Å². The number of aromatic nitrogens is 2. The van der Waals surface area contributed by atoms with Crippen LogP contribution in [-0.4, -0.2) is 21.9 Å². The highest BCUT2D eigenvalue weighted by Gasteiger charge is 2.34. The monoisotopic (exact) mass is 468 g/mol. The van der Waals surface area contributed by atoms with Crippen LogP contribution in [-0.2, 0) is 0 Å². The molecule has 4 aromatic rings. The normalized spacial score (nSPS) is 15.9. The van der Waals surface area contributed by atoms with Gasteiger partial charge in [-0.2, -0.15) is 4.98 Å². The Bertz CT molecular complexity index is 1320. The van der Waals surface area contributed by atoms with Gasteiger partial charge in [0.1, 0.15) is 5.75 Å². The summed E-state index contributed by atoms with van der Waals surface area (Å²) >= 11 is 5.78. The molecule has 5 rings (SSSR count). The summed E-state index contributed by atoms with van der Waals surface area (Å²) in [4.78, 5) is 6.78. The van der Waals surface area contributed by atoms with E-state index in [4.69, 9.17) is 26.5 Å². The predicted molar refractivity (Wildman–Crippen MR) is 137 cm³/mol. The number of anilines is 1. The quantitative estimate of drug-likeness (QED) is 0.348. The van der Waals surface area contributed by atoms with Crippen molar-refractivity contribution in [3.63, 3.8) is 0 Å². The molecule has 1 unspecified atom stereocenters. The first-order valence-electron chi connectivity index (χ1n) is 11.1. The first kappa shape index (κ1) is 21.9. The number of para-hydroxylation sites is 1. The van der Waals surface area contributed by atoms with Gasteiger partial charge in [-0.25, -0.2) is 0 Å². The summed E-state index contributed by atoms with van der Waals surface area (Å²) in [6, 6.07) is 27.6. The van der Waals surface area contributed by atoms with E-state index in [1.165, 1.54) is 0 Å². The van der Waals surface area contributed by atoms with Gasteiger partial charge in [-0.05, 0) is 68.0 Å². The molecule has 0 saturated heterocycles. The van der Waals surface area contributed by atoms with Crippen LogP contribution in [0, 0.1) is 0 Å². The van der Waals surface area contributed by atoms with Crippen molar-refractivity contribution in [2.75, 3.05) is 11.5 Å². The minimum atomic E-state index is -0.220. The maximum atomic E-state index is 5.82. The Balaban J connectivity index is 1.59. The molecule has 1 aromatic heterocycles. The Labute approximate surface area is 203 Å². The van der Waals surface area contributed by atoms with Gasteiger partial charge in [0.05, 0.1) is 18.2 Å². The average Bonchev–Trinajstić information content (AvgIpc) is 3.35. The molecule has 0 aliphatic carbocycles. The molecule has 1 aliphatic rings. The number of nitrogens with zero attached hydrogens (tertiary/aromatic N) is 3. The van der Waals surface area contributed by atoms with Crippen LogP contribution in [0.1, 0.15) is 31.3 Å². The van der Waals surface area contributed by atoms with Crippen LogP contribution in [0.5, 0.6) is 5.75 Å². The Morgan fingerprint density at radius 1 is 0.971 bits per heavy atom. The molecule has 34 heavy (non-hydrogen) atoms. The van der Waals surface area contributed by atoms with Gasteiger partial charge in [0.25, 0.3) is 5.89 Å². The van der Waals surface area contributed by atoms with Gasteiger partial charge in [0.15, 0.2) is 5.11 Å². The summed E-state index contributed by atoms with van der Waals surface area (Å²) in [5.41, 5.74) is 4.70.